The van der Waals surface area contributed by atoms with Gasteiger partial charge in [0.05, 0.1) is 0 Å². The van der Waals surface area contributed by atoms with Gasteiger partial charge >= 0.3 is 0 Å². The first kappa shape index (κ1) is 14.4. The van der Waals surface area contributed by atoms with Crippen LogP contribution in [-0.2, 0) is 0 Å². The second kappa shape index (κ2) is 6.42. The molecule has 2 N–H and O–H groups in total. The first-order valence-corrected chi connectivity index (χ1v) is 7.74. The van der Waals surface area contributed by atoms with Gasteiger partial charge in [0.15, 0.2) is 0 Å². The van der Waals surface area contributed by atoms with E-state index in [2.05, 4.69) is 21.2 Å². The van der Waals surface area contributed by atoms with Gasteiger partial charge in [-0.2, -0.15) is 0 Å². The van der Waals surface area contributed by atoms with Crippen molar-refractivity contribution in [2.24, 2.45) is 0 Å². The highest BCUT2D eigenvalue weighted by Gasteiger charge is 2.23. The van der Waals surface area contributed by atoms with Gasteiger partial charge in [-0.3, -0.25) is 4.79 Å². The monoisotopic (exact) mass is 325 g/mol. The molecule has 0 bridgehead atoms. The summed E-state index contributed by atoms with van der Waals surface area (Å²) in [6, 6.07) is 5.16. The SMILES string of the molecule is Cc1cc(C(=O)NC2CCCCCC2Br)ccc1O. The van der Waals surface area contributed by atoms with Crippen LogP contribution in [0.15, 0.2) is 18.2 Å². The number of hydrogen-bond donors (Lipinski definition) is 2. The Bertz CT molecular complexity index is 461. The Morgan fingerprint density at radius 2 is 2.05 bits per heavy atom. The molecule has 104 valence electrons. The Hall–Kier alpha value is -1.03. The second-order valence-electron chi connectivity index (χ2n) is 5.24. The van der Waals surface area contributed by atoms with E-state index in [9.17, 15) is 9.90 Å². The van der Waals surface area contributed by atoms with Crippen LogP contribution in [0, 0.1) is 6.92 Å². The number of amides is 1. The van der Waals surface area contributed by atoms with E-state index < -0.39 is 0 Å². The Labute approximate surface area is 122 Å². The van der Waals surface area contributed by atoms with Crippen LogP contribution in [0.5, 0.6) is 5.75 Å². The van der Waals surface area contributed by atoms with E-state index in [1.165, 1.54) is 19.3 Å². The molecule has 4 heteroatoms. The molecule has 1 aliphatic rings. The normalized spacial score (nSPS) is 23.7. The van der Waals surface area contributed by atoms with Crippen LogP contribution in [-0.4, -0.2) is 21.9 Å². The van der Waals surface area contributed by atoms with Crippen molar-refractivity contribution < 1.29 is 9.90 Å². The molecule has 0 spiro atoms. The van der Waals surface area contributed by atoms with Gasteiger partial charge in [0.1, 0.15) is 5.75 Å². The quantitative estimate of drug-likeness (QED) is 0.645. The number of rotatable bonds is 2. The van der Waals surface area contributed by atoms with Crippen LogP contribution in [0.3, 0.4) is 0 Å². The summed E-state index contributed by atoms with van der Waals surface area (Å²) in [6.45, 7) is 1.80. The van der Waals surface area contributed by atoms with Crippen molar-refractivity contribution in [3.05, 3.63) is 29.3 Å². The third-order valence-electron chi connectivity index (χ3n) is 3.71. The lowest BCUT2D eigenvalue weighted by atomic mass is 10.1. The third kappa shape index (κ3) is 3.72. The van der Waals surface area contributed by atoms with Crippen molar-refractivity contribution in [3.8, 4) is 5.75 Å². The van der Waals surface area contributed by atoms with Crippen molar-refractivity contribution in [2.45, 2.75) is 49.9 Å². The molecule has 1 aliphatic carbocycles. The molecule has 0 aromatic heterocycles. The zero-order valence-electron chi connectivity index (χ0n) is 11.2. The van der Waals surface area contributed by atoms with Gasteiger partial charge in [-0.25, -0.2) is 0 Å². The van der Waals surface area contributed by atoms with Crippen molar-refractivity contribution >= 4 is 21.8 Å². The average molecular weight is 326 g/mol. The number of carbonyl (C=O) groups is 1. The van der Waals surface area contributed by atoms with Crippen LogP contribution in [0.2, 0.25) is 0 Å². The maximum atomic E-state index is 12.2. The van der Waals surface area contributed by atoms with Crippen molar-refractivity contribution in [3.63, 3.8) is 0 Å². The molecule has 3 nitrogen and oxygen atoms in total. The molecule has 1 saturated carbocycles. The molecule has 1 fully saturated rings. The summed E-state index contributed by atoms with van der Waals surface area (Å²) >= 11 is 3.68. The van der Waals surface area contributed by atoms with E-state index in [-0.39, 0.29) is 17.7 Å². The number of hydrogen-bond acceptors (Lipinski definition) is 2. The van der Waals surface area contributed by atoms with Gasteiger partial charge in [0.2, 0.25) is 0 Å². The molecule has 0 heterocycles. The first-order chi connectivity index (χ1) is 9.08. The number of aromatic hydroxyl groups is 1. The minimum Gasteiger partial charge on any atom is -0.508 e. The average Bonchev–Trinajstić information content (AvgIpc) is 2.58. The molecule has 0 aliphatic heterocycles. The molecule has 1 aromatic rings. The van der Waals surface area contributed by atoms with Crippen LogP contribution < -0.4 is 5.32 Å². The van der Waals surface area contributed by atoms with E-state index >= 15 is 0 Å². The lowest BCUT2D eigenvalue weighted by molar-refractivity contribution is 0.0935. The van der Waals surface area contributed by atoms with Crippen LogP contribution in [0.4, 0.5) is 0 Å². The molecule has 2 rings (SSSR count). The maximum Gasteiger partial charge on any atom is 0.251 e. The summed E-state index contributed by atoms with van der Waals surface area (Å²) in [5.41, 5.74) is 1.34. The zero-order valence-corrected chi connectivity index (χ0v) is 12.7. The van der Waals surface area contributed by atoms with Gasteiger partial charge in [-0.15, -0.1) is 0 Å². The van der Waals surface area contributed by atoms with E-state index in [1.54, 1.807) is 25.1 Å². The molecule has 2 atom stereocenters. The highest BCUT2D eigenvalue weighted by Crippen LogP contribution is 2.24. The predicted octanol–water partition coefficient (Wildman–Crippen LogP) is 3.53. The minimum atomic E-state index is -0.0561. The van der Waals surface area contributed by atoms with Crippen LogP contribution in [0.1, 0.15) is 48.0 Å². The predicted molar refractivity (Wildman–Crippen MR) is 79.9 cm³/mol. The molecule has 0 radical (unpaired) electrons. The number of alkyl halides is 1. The lowest BCUT2D eigenvalue weighted by Gasteiger charge is -2.21. The van der Waals surface area contributed by atoms with Gasteiger partial charge in [0.25, 0.3) is 5.91 Å². The summed E-state index contributed by atoms with van der Waals surface area (Å²) in [5, 5.41) is 12.6. The molecule has 2 unspecified atom stereocenters. The number of phenolic OH excluding ortho intramolecular Hbond substituents is 1. The van der Waals surface area contributed by atoms with Gasteiger partial charge in [0, 0.05) is 16.4 Å². The highest BCUT2D eigenvalue weighted by atomic mass is 79.9. The summed E-state index contributed by atoms with van der Waals surface area (Å²) in [6.07, 6.45) is 5.77. The van der Waals surface area contributed by atoms with Crippen molar-refractivity contribution in [1.82, 2.24) is 5.32 Å². The fourth-order valence-corrected chi connectivity index (χ4v) is 3.19. The minimum absolute atomic E-state index is 0.0561. The molecule has 1 aromatic carbocycles. The Balaban J connectivity index is 2.05. The van der Waals surface area contributed by atoms with E-state index in [4.69, 9.17) is 0 Å². The smallest absolute Gasteiger partial charge is 0.251 e. The number of benzene rings is 1. The van der Waals surface area contributed by atoms with Gasteiger partial charge < -0.3 is 10.4 Å². The van der Waals surface area contributed by atoms with E-state index in [0.717, 1.165) is 18.4 Å². The summed E-state index contributed by atoms with van der Waals surface area (Å²) in [4.78, 5) is 12.6. The number of nitrogens with one attached hydrogen (secondary N) is 1. The summed E-state index contributed by atoms with van der Waals surface area (Å²) < 4.78 is 0. The Kier molecular flexibility index (Phi) is 4.86. The Morgan fingerprint density at radius 1 is 1.32 bits per heavy atom. The van der Waals surface area contributed by atoms with Crippen molar-refractivity contribution in [1.29, 1.82) is 0 Å². The van der Waals surface area contributed by atoms with Gasteiger partial charge in [-0.05, 0) is 43.5 Å². The number of carbonyl (C=O) groups excluding carboxylic acids is 1. The highest BCUT2D eigenvalue weighted by molar-refractivity contribution is 9.09. The fourth-order valence-electron chi connectivity index (χ4n) is 2.47. The maximum absolute atomic E-state index is 12.2. The summed E-state index contributed by atoms with van der Waals surface area (Å²) in [7, 11) is 0. The Morgan fingerprint density at radius 3 is 2.79 bits per heavy atom. The van der Waals surface area contributed by atoms with Crippen LogP contribution in [0.25, 0.3) is 0 Å². The fraction of sp³-hybridized carbons (Fsp3) is 0.533. The molecular weight excluding hydrogens is 306 g/mol. The first-order valence-electron chi connectivity index (χ1n) is 6.82. The molecule has 0 saturated heterocycles. The second-order valence-corrected chi connectivity index (χ2v) is 6.41. The number of aryl methyl sites for hydroxylation is 1. The third-order valence-corrected chi connectivity index (χ3v) is 4.80. The van der Waals surface area contributed by atoms with Crippen LogP contribution >= 0.6 is 15.9 Å². The standard InChI is InChI=1S/C15H20BrNO2/c1-10-9-11(7-8-14(10)18)15(19)17-13-6-4-2-3-5-12(13)16/h7-9,12-13,18H,2-6H2,1H3,(H,17,19). The van der Waals surface area contributed by atoms with E-state index in [0.29, 0.717) is 10.4 Å². The van der Waals surface area contributed by atoms with Gasteiger partial charge in [-0.1, -0.05) is 35.2 Å². The summed E-state index contributed by atoms with van der Waals surface area (Å²) in [5.74, 6) is 0.170. The molecule has 19 heavy (non-hydrogen) atoms. The largest absolute Gasteiger partial charge is 0.508 e. The molecule has 1 amide bonds. The topological polar surface area (TPSA) is 49.3 Å². The zero-order chi connectivity index (χ0) is 13.8. The van der Waals surface area contributed by atoms with Crippen molar-refractivity contribution in [2.75, 3.05) is 0 Å². The number of halogens is 1. The molecular formula is C15H20BrNO2. The lowest BCUT2D eigenvalue weighted by Crippen LogP contribution is -2.40. The van der Waals surface area contributed by atoms with E-state index in [1.807, 2.05) is 0 Å². The number of phenols is 1.